The number of para-hydroxylation sites is 1. The molecular formula is C25H18ClFIN3O4. The number of halogens is 3. The van der Waals surface area contributed by atoms with Crippen molar-refractivity contribution < 1.29 is 23.5 Å². The van der Waals surface area contributed by atoms with Gasteiger partial charge in [0.05, 0.1) is 21.4 Å². The lowest BCUT2D eigenvalue weighted by molar-refractivity contribution is -0.118. The van der Waals surface area contributed by atoms with Crippen molar-refractivity contribution in [3.8, 4) is 17.6 Å². The molecule has 0 unspecified atom stereocenters. The van der Waals surface area contributed by atoms with Crippen LogP contribution < -0.4 is 20.1 Å². The Morgan fingerprint density at radius 3 is 2.51 bits per heavy atom. The van der Waals surface area contributed by atoms with Gasteiger partial charge in [0.25, 0.3) is 11.8 Å². The van der Waals surface area contributed by atoms with Gasteiger partial charge >= 0.3 is 0 Å². The number of amides is 2. The molecule has 0 aliphatic rings. The van der Waals surface area contributed by atoms with Crippen LogP contribution in [0.4, 0.5) is 15.8 Å². The van der Waals surface area contributed by atoms with Crippen molar-refractivity contribution in [2.24, 2.45) is 0 Å². The Morgan fingerprint density at radius 2 is 1.86 bits per heavy atom. The molecule has 0 aromatic heterocycles. The number of methoxy groups -OCH3 is 1. The van der Waals surface area contributed by atoms with Crippen LogP contribution in [0, 0.1) is 20.7 Å². The highest BCUT2D eigenvalue weighted by atomic mass is 127. The molecule has 178 valence electrons. The number of nitrogens with one attached hydrogen (secondary N) is 2. The van der Waals surface area contributed by atoms with E-state index < -0.39 is 17.6 Å². The van der Waals surface area contributed by atoms with E-state index in [-0.39, 0.29) is 12.2 Å². The third kappa shape index (κ3) is 7.18. The Hall–Kier alpha value is -3.62. The summed E-state index contributed by atoms with van der Waals surface area (Å²) in [4.78, 5) is 24.8. The van der Waals surface area contributed by atoms with Crippen LogP contribution in [0.25, 0.3) is 6.08 Å². The molecule has 3 aromatic carbocycles. The maximum atomic E-state index is 13.1. The van der Waals surface area contributed by atoms with Gasteiger partial charge in [-0.2, -0.15) is 5.26 Å². The molecule has 0 radical (unpaired) electrons. The first-order valence-corrected chi connectivity index (χ1v) is 11.5. The highest BCUT2D eigenvalue weighted by Gasteiger charge is 2.16. The van der Waals surface area contributed by atoms with Crippen molar-refractivity contribution in [1.82, 2.24) is 0 Å². The van der Waals surface area contributed by atoms with E-state index >= 15 is 0 Å². The Morgan fingerprint density at radius 1 is 1.14 bits per heavy atom. The molecule has 10 heteroatoms. The van der Waals surface area contributed by atoms with Gasteiger partial charge < -0.3 is 20.1 Å². The summed E-state index contributed by atoms with van der Waals surface area (Å²) in [5.41, 5.74) is 1.15. The van der Waals surface area contributed by atoms with Gasteiger partial charge in [-0.15, -0.1) is 0 Å². The molecule has 0 heterocycles. The first-order chi connectivity index (χ1) is 16.8. The number of benzene rings is 3. The van der Waals surface area contributed by atoms with Crippen LogP contribution in [-0.4, -0.2) is 25.5 Å². The summed E-state index contributed by atoms with van der Waals surface area (Å²) in [6.07, 6.45) is 1.39. The number of hydrogen-bond donors (Lipinski definition) is 2. The number of hydrogen-bond acceptors (Lipinski definition) is 5. The van der Waals surface area contributed by atoms with Crippen molar-refractivity contribution in [2.75, 3.05) is 24.4 Å². The van der Waals surface area contributed by atoms with E-state index in [0.29, 0.717) is 37.0 Å². The number of nitriles is 1. The standard InChI is InChI=1S/C25H18ClFIN3O4/c1-34-22-12-15(10-16(13-29)25(33)30-18-8-6-17(27)7-9-18)11-20(28)24(22)35-14-23(32)31-21-5-3-2-4-19(21)26/h2-12H,14H2,1H3,(H,30,33)(H,31,32)/b16-10+. The summed E-state index contributed by atoms with van der Waals surface area (Å²) in [6, 6.07) is 17.1. The zero-order valence-electron chi connectivity index (χ0n) is 18.3. The van der Waals surface area contributed by atoms with Crippen molar-refractivity contribution >= 4 is 63.5 Å². The number of carbonyl (C=O) groups is 2. The van der Waals surface area contributed by atoms with Crippen molar-refractivity contribution in [3.05, 3.63) is 86.2 Å². The molecule has 2 N–H and O–H groups in total. The van der Waals surface area contributed by atoms with Gasteiger partial charge in [-0.3, -0.25) is 9.59 Å². The van der Waals surface area contributed by atoms with E-state index in [4.69, 9.17) is 21.1 Å². The van der Waals surface area contributed by atoms with Crippen LogP contribution in [0.2, 0.25) is 5.02 Å². The molecule has 3 aromatic rings. The van der Waals surface area contributed by atoms with Gasteiger partial charge in [-0.05, 0) is 82.8 Å². The first kappa shape index (κ1) is 26.0. The van der Waals surface area contributed by atoms with Gasteiger partial charge in [0.1, 0.15) is 17.5 Å². The predicted molar refractivity (Wildman–Crippen MR) is 140 cm³/mol. The second-order valence-electron chi connectivity index (χ2n) is 6.98. The minimum absolute atomic E-state index is 0.167. The van der Waals surface area contributed by atoms with Crippen LogP contribution in [0.1, 0.15) is 5.56 Å². The molecule has 0 saturated carbocycles. The lowest BCUT2D eigenvalue weighted by atomic mass is 10.1. The summed E-state index contributed by atoms with van der Waals surface area (Å²) < 4.78 is 24.7. The Bertz CT molecular complexity index is 1320. The fourth-order valence-corrected chi connectivity index (χ4v) is 3.86. The third-order valence-electron chi connectivity index (χ3n) is 4.53. The van der Waals surface area contributed by atoms with E-state index in [1.165, 1.54) is 37.5 Å². The third-order valence-corrected chi connectivity index (χ3v) is 5.66. The minimum atomic E-state index is -0.648. The smallest absolute Gasteiger partial charge is 0.266 e. The molecule has 35 heavy (non-hydrogen) atoms. The fourth-order valence-electron chi connectivity index (χ4n) is 2.90. The van der Waals surface area contributed by atoms with Crippen molar-refractivity contribution in [1.29, 1.82) is 5.26 Å². The average Bonchev–Trinajstić information content (AvgIpc) is 2.84. The maximum Gasteiger partial charge on any atom is 0.266 e. The zero-order valence-corrected chi connectivity index (χ0v) is 21.2. The van der Waals surface area contributed by atoms with Crippen molar-refractivity contribution in [3.63, 3.8) is 0 Å². The van der Waals surface area contributed by atoms with Gasteiger partial charge in [-0.25, -0.2) is 4.39 Å². The van der Waals surface area contributed by atoms with Gasteiger partial charge in [-0.1, -0.05) is 23.7 Å². The number of nitrogens with zero attached hydrogens (tertiary/aromatic N) is 1. The van der Waals surface area contributed by atoms with Crippen LogP contribution in [0.5, 0.6) is 11.5 Å². The topological polar surface area (TPSA) is 100 Å². The van der Waals surface area contributed by atoms with Gasteiger partial charge in [0.15, 0.2) is 18.1 Å². The van der Waals surface area contributed by atoms with Crippen LogP contribution in [0.15, 0.2) is 66.2 Å². The molecule has 2 amide bonds. The number of anilines is 2. The quantitative estimate of drug-likeness (QED) is 0.196. The lowest BCUT2D eigenvalue weighted by Gasteiger charge is -2.14. The average molecular weight is 606 g/mol. The van der Waals surface area contributed by atoms with Crippen LogP contribution in [-0.2, 0) is 9.59 Å². The molecule has 0 aliphatic heterocycles. The summed E-state index contributed by atoms with van der Waals surface area (Å²) in [5.74, 6) is -0.864. The molecule has 0 saturated heterocycles. The summed E-state index contributed by atoms with van der Waals surface area (Å²) in [7, 11) is 1.43. The number of ether oxygens (including phenoxy) is 2. The zero-order chi connectivity index (χ0) is 25.4. The summed E-state index contributed by atoms with van der Waals surface area (Å²) >= 11 is 8.06. The molecule has 7 nitrogen and oxygen atoms in total. The van der Waals surface area contributed by atoms with Crippen LogP contribution >= 0.6 is 34.2 Å². The monoisotopic (exact) mass is 605 g/mol. The fraction of sp³-hybridized carbons (Fsp3) is 0.0800. The normalized spacial score (nSPS) is 10.8. The molecule has 0 spiro atoms. The Kier molecular flexibility index (Phi) is 9.05. The van der Waals surface area contributed by atoms with E-state index in [1.54, 1.807) is 36.4 Å². The summed E-state index contributed by atoms with van der Waals surface area (Å²) in [6.45, 7) is -0.295. The van der Waals surface area contributed by atoms with Gasteiger partial charge in [0, 0.05) is 5.69 Å². The predicted octanol–water partition coefficient (Wildman–Crippen LogP) is 5.66. The highest BCUT2D eigenvalue weighted by molar-refractivity contribution is 14.1. The molecule has 0 bridgehead atoms. The molecule has 0 fully saturated rings. The minimum Gasteiger partial charge on any atom is -0.493 e. The first-order valence-electron chi connectivity index (χ1n) is 10.0. The molecule has 0 aliphatic carbocycles. The lowest BCUT2D eigenvalue weighted by Crippen LogP contribution is -2.20. The molecule has 3 rings (SSSR count). The highest BCUT2D eigenvalue weighted by Crippen LogP contribution is 2.35. The van der Waals surface area contributed by atoms with E-state index in [2.05, 4.69) is 10.6 Å². The van der Waals surface area contributed by atoms with E-state index in [1.807, 2.05) is 28.7 Å². The number of carbonyl (C=O) groups excluding carboxylic acids is 2. The van der Waals surface area contributed by atoms with Crippen LogP contribution in [0.3, 0.4) is 0 Å². The Balaban J connectivity index is 1.74. The second-order valence-corrected chi connectivity index (χ2v) is 8.55. The molecular weight excluding hydrogens is 588 g/mol. The summed E-state index contributed by atoms with van der Waals surface area (Å²) in [5, 5.41) is 15.1. The van der Waals surface area contributed by atoms with E-state index in [9.17, 15) is 19.2 Å². The van der Waals surface area contributed by atoms with E-state index in [0.717, 1.165) is 0 Å². The number of rotatable bonds is 8. The maximum absolute atomic E-state index is 13.1. The largest absolute Gasteiger partial charge is 0.493 e. The Labute approximate surface area is 219 Å². The molecule has 0 atom stereocenters. The second kappa shape index (κ2) is 12.2. The van der Waals surface area contributed by atoms with Gasteiger partial charge in [0.2, 0.25) is 0 Å². The SMILES string of the molecule is COc1cc(/C=C(\C#N)C(=O)Nc2ccc(F)cc2)cc(I)c1OCC(=O)Nc1ccccc1Cl. The van der Waals surface area contributed by atoms with Crippen molar-refractivity contribution in [2.45, 2.75) is 0 Å².